The fraction of sp³-hybridized carbons (Fsp3) is 0.348. The number of nitrogens with one attached hydrogen (secondary N) is 1. The second-order valence-electron chi connectivity index (χ2n) is 7.96. The number of piperazine rings is 1. The molecule has 0 unspecified atom stereocenters. The van der Waals surface area contributed by atoms with E-state index in [-0.39, 0.29) is 11.7 Å². The Kier molecular flexibility index (Phi) is 7.47. The third-order valence-corrected chi connectivity index (χ3v) is 6.73. The Morgan fingerprint density at radius 2 is 1.75 bits per heavy atom. The molecule has 0 spiro atoms. The number of benzene rings is 2. The minimum Gasteiger partial charge on any atom is -0.346 e. The number of aryl methyl sites for hydroxylation is 1. The lowest BCUT2D eigenvalue weighted by Crippen LogP contribution is -2.45. The zero-order valence-corrected chi connectivity index (χ0v) is 19.4. The van der Waals surface area contributed by atoms with Gasteiger partial charge in [-0.3, -0.25) is 14.6 Å². The molecule has 0 bridgehead atoms. The second-order valence-corrected chi connectivity index (χ2v) is 9.43. The predicted molar refractivity (Wildman–Crippen MR) is 124 cm³/mol. The first-order chi connectivity index (χ1) is 15.5. The monoisotopic (exact) mass is 473 g/mol. The van der Waals surface area contributed by atoms with Gasteiger partial charge < -0.3 is 5.32 Å². The van der Waals surface area contributed by atoms with Crippen molar-refractivity contribution < 1.29 is 9.18 Å². The normalized spacial score (nSPS) is 15.1. The van der Waals surface area contributed by atoms with Gasteiger partial charge in [0.15, 0.2) is 0 Å². The summed E-state index contributed by atoms with van der Waals surface area (Å²) >= 11 is 7.49. The molecule has 4 rings (SSSR count). The zero-order valence-electron chi connectivity index (χ0n) is 17.9. The lowest BCUT2D eigenvalue weighted by atomic mass is 10.1. The van der Waals surface area contributed by atoms with Crippen molar-refractivity contribution in [3.05, 3.63) is 80.0 Å². The topological polar surface area (TPSA) is 61.4 Å². The summed E-state index contributed by atoms with van der Waals surface area (Å²) in [6, 6.07) is 12.6. The van der Waals surface area contributed by atoms with Gasteiger partial charge in [0.1, 0.15) is 10.8 Å². The van der Waals surface area contributed by atoms with Crippen LogP contribution in [-0.4, -0.2) is 52.1 Å². The van der Waals surface area contributed by atoms with Crippen LogP contribution in [0.15, 0.2) is 42.5 Å². The van der Waals surface area contributed by atoms with E-state index in [2.05, 4.69) is 25.3 Å². The first-order valence-corrected chi connectivity index (χ1v) is 11.7. The smallest absolute Gasteiger partial charge is 0.282 e. The minimum absolute atomic E-state index is 0.199. The van der Waals surface area contributed by atoms with E-state index in [4.69, 9.17) is 11.6 Å². The lowest BCUT2D eigenvalue weighted by Gasteiger charge is -2.34. The minimum atomic E-state index is -0.316. The molecule has 1 N–H and O–H groups in total. The molecule has 1 aliphatic rings. The summed E-state index contributed by atoms with van der Waals surface area (Å²) in [5, 5.41) is 12.9. The Bertz CT molecular complexity index is 1070. The van der Waals surface area contributed by atoms with Crippen LogP contribution in [0.5, 0.6) is 0 Å². The van der Waals surface area contributed by atoms with Gasteiger partial charge >= 0.3 is 0 Å². The highest BCUT2D eigenvalue weighted by Crippen LogP contribution is 2.20. The van der Waals surface area contributed by atoms with Crippen LogP contribution in [0.2, 0.25) is 5.02 Å². The van der Waals surface area contributed by atoms with E-state index >= 15 is 0 Å². The molecule has 3 aromatic rings. The molecule has 1 saturated heterocycles. The van der Waals surface area contributed by atoms with Crippen molar-refractivity contribution >= 4 is 28.8 Å². The third kappa shape index (κ3) is 6.10. The van der Waals surface area contributed by atoms with E-state index in [1.165, 1.54) is 29.0 Å². The van der Waals surface area contributed by atoms with Gasteiger partial charge in [0.2, 0.25) is 5.01 Å². The summed E-state index contributed by atoms with van der Waals surface area (Å²) in [6.45, 7) is 7.42. The molecule has 1 aromatic heterocycles. The van der Waals surface area contributed by atoms with Gasteiger partial charge in [-0.05, 0) is 30.2 Å². The van der Waals surface area contributed by atoms with Crippen molar-refractivity contribution in [3.8, 4) is 0 Å². The summed E-state index contributed by atoms with van der Waals surface area (Å²) in [7, 11) is 0. The van der Waals surface area contributed by atoms with Crippen LogP contribution in [0.4, 0.5) is 4.39 Å². The van der Waals surface area contributed by atoms with Gasteiger partial charge in [-0.2, -0.15) is 0 Å². The standard InChI is InChI=1S/C23H25ClFN5OS/c1-16-2-4-17(5-3-16)13-26-22(31)23-28-27-21(32-23)15-30-10-8-29(9-11-30)14-18-6-7-19(25)12-20(18)24/h2-7,12H,8-11,13-15H2,1H3,(H,26,31). The van der Waals surface area contributed by atoms with Gasteiger partial charge in [0, 0.05) is 44.3 Å². The Morgan fingerprint density at radius 3 is 2.44 bits per heavy atom. The van der Waals surface area contributed by atoms with E-state index in [0.717, 1.165) is 42.3 Å². The number of amides is 1. The number of rotatable bonds is 7. The number of hydrogen-bond acceptors (Lipinski definition) is 6. The second kappa shape index (κ2) is 10.5. The van der Waals surface area contributed by atoms with Crippen molar-refractivity contribution in [2.75, 3.05) is 26.2 Å². The van der Waals surface area contributed by atoms with Crippen LogP contribution in [0.25, 0.3) is 0 Å². The van der Waals surface area contributed by atoms with Crippen LogP contribution in [-0.2, 0) is 19.6 Å². The van der Waals surface area contributed by atoms with Crippen LogP contribution >= 0.6 is 22.9 Å². The summed E-state index contributed by atoms with van der Waals surface area (Å²) in [6.07, 6.45) is 0. The van der Waals surface area contributed by atoms with Gasteiger partial charge in [-0.15, -0.1) is 10.2 Å². The first kappa shape index (κ1) is 22.8. The first-order valence-electron chi connectivity index (χ1n) is 10.5. The highest BCUT2D eigenvalue weighted by molar-refractivity contribution is 7.13. The summed E-state index contributed by atoms with van der Waals surface area (Å²) in [5.74, 6) is -0.515. The molecule has 1 amide bonds. The van der Waals surface area contributed by atoms with Crippen LogP contribution in [0.1, 0.15) is 31.5 Å². The fourth-order valence-corrected chi connectivity index (χ4v) is 4.59. The molecule has 9 heteroatoms. The molecule has 0 atom stereocenters. The van der Waals surface area contributed by atoms with Gasteiger partial charge in [0.05, 0.1) is 6.54 Å². The Morgan fingerprint density at radius 1 is 1.06 bits per heavy atom. The molecule has 2 heterocycles. The highest BCUT2D eigenvalue weighted by Gasteiger charge is 2.20. The summed E-state index contributed by atoms with van der Waals surface area (Å²) < 4.78 is 13.2. The zero-order chi connectivity index (χ0) is 22.5. The molecule has 1 fully saturated rings. The molecular weight excluding hydrogens is 449 g/mol. The molecule has 2 aromatic carbocycles. The van der Waals surface area contributed by atoms with Gasteiger partial charge in [0.25, 0.3) is 5.91 Å². The molecule has 1 aliphatic heterocycles. The SMILES string of the molecule is Cc1ccc(CNC(=O)c2nnc(CN3CCN(Cc4ccc(F)cc4Cl)CC3)s2)cc1. The fourth-order valence-electron chi connectivity index (χ4n) is 3.56. The van der Waals surface area contributed by atoms with Crippen molar-refractivity contribution in [1.82, 2.24) is 25.3 Å². The van der Waals surface area contributed by atoms with Crippen LogP contribution in [0, 0.1) is 12.7 Å². The maximum atomic E-state index is 13.2. The quantitative estimate of drug-likeness (QED) is 0.564. The van der Waals surface area contributed by atoms with Crippen molar-refractivity contribution in [3.63, 3.8) is 0 Å². The molecule has 0 aliphatic carbocycles. The van der Waals surface area contributed by atoms with E-state index in [0.29, 0.717) is 29.7 Å². The molecule has 0 saturated carbocycles. The number of carbonyl (C=O) groups excluding carboxylic acids is 1. The summed E-state index contributed by atoms with van der Waals surface area (Å²) in [4.78, 5) is 17.0. The number of aromatic nitrogens is 2. The third-order valence-electron chi connectivity index (χ3n) is 5.47. The van der Waals surface area contributed by atoms with Gasteiger partial charge in [-0.1, -0.05) is 58.8 Å². The predicted octanol–water partition coefficient (Wildman–Crippen LogP) is 3.89. The van der Waals surface area contributed by atoms with Crippen molar-refractivity contribution in [2.24, 2.45) is 0 Å². The highest BCUT2D eigenvalue weighted by atomic mass is 35.5. The molecule has 0 radical (unpaired) electrons. The largest absolute Gasteiger partial charge is 0.346 e. The average Bonchev–Trinajstić information content (AvgIpc) is 3.25. The number of hydrogen-bond donors (Lipinski definition) is 1. The van der Waals surface area contributed by atoms with E-state index in [9.17, 15) is 9.18 Å². The summed E-state index contributed by atoms with van der Waals surface area (Å²) in [5.41, 5.74) is 3.18. The lowest BCUT2D eigenvalue weighted by molar-refractivity contribution is 0.0950. The molecular formula is C23H25ClFN5OS. The Labute approximate surface area is 196 Å². The van der Waals surface area contributed by atoms with E-state index in [1.54, 1.807) is 6.07 Å². The van der Waals surface area contributed by atoms with Gasteiger partial charge in [-0.25, -0.2) is 4.39 Å². The van der Waals surface area contributed by atoms with Crippen molar-refractivity contribution in [2.45, 2.75) is 26.6 Å². The molecule has 168 valence electrons. The number of halogens is 2. The van der Waals surface area contributed by atoms with Crippen LogP contribution in [0.3, 0.4) is 0 Å². The van der Waals surface area contributed by atoms with E-state index < -0.39 is 0 Å². The van der Waals surface area contributed by atoms with Crippen LogP contribution < -0.4 is 5.32 Å². The molecule has 6 nitrogen and oxygen atoms in total. The van der Waals surface area contributed by atoms with E-state index in [1.807, 2.05) is 31.2 Å². The Hall–Kier alpha value is -2.39. The average molecular weight is 474 g/mol. The maximum absolute atomic E-state index is 13.2. The Balaban J connectivity index is 1.23. The number of nitrogens with zero attached hydrogens (tertiary/aromatic N) is 4. The van der Waals surface area contributed by atoms with Crippen molar-refractivity contribution in [1.29, 1.82) is 0 Å². The molecule has 32 heavy (non-hydrogen) atoms. The maximum Gasteiger partial charge on any atom is 0.282 e. The number of carbonyl (C=O) groups is 1.